The first kappa shape index (κ1) is 15.2. The lowest BCUT2D eigenvalue weighted by Gasteiger charge is -2.37. The largest absolute Gasteiger partial charge is 0.389 e. The number of benzene rings is 1. The number of hydrogen-bond donors (Lipinski definition) is 2. The molecule has 1 fully saturated rings. The van der Waals surface area contributed by atoms with Crippen LogP contribution >= 0.6 is 0 Å². The molecule has 0 amide bonds. The van der Waals surface area contributed by atoms with E-state index in [-0.39, 0.29) is 5.56 Å². The number of rotatable bonds is 4. The van der Waals surface area contributed by atoms with Gasteiger partial charge in [0.25, 0.3) is 0 Å². The van der Waals surface area contributed by atoms with E-state index < -0.39 is 17.5 Å². The summed E-state index contributed by atoms with van der Waals surface area (Å²) in [7, 11) is 1.80. The third kappa shape index (κ3) is 3.29. The molecule has 0 saturated carbocycles. The van der Waals surface area contributed by atoms with Crippen molar-refractivity contribution in [1.29, 1.82) is 0 Å². The molecule has 1 aromatic rings. The van der Waals surface area contributed by atoms with Gasteiger partial charge >= 0.3 is 0 Å². The molecule has 0 aliphatic carbocycles. The molecule has 20 heavy (non-hydrogen) atoms. The maximum Gasteiger partial charge on any atom is 0.131 e. The molecule has 0 spiro atoms. The Morgan fingerprint density at radius 3 is 2.65 bits per heavy atom. The Morgan fingerprint density at radius 1 is 1.40 bits per heavy atom. The Balaban J connectivity index is 2.20. The van der Waals surface area contributed by atoms with Crippen LogP contribution in [-0.2, 0) is 4.74 Å². The van der Waals surface area contributed by atoms with E-state index in [0.717, 1.165) is 0 Å². The second kappa shape index (κ2) is 6.08. The fourth-order valence-corrected chi connectivity index (χ4v) is 2.71. The smallest absolute Gasteiger partial charge is 0.131 e. The van der Waals surface area contributed by atoms with Gasteiger partial charge in [0.05, 0.1) is 11.7 Å². The molecule has 0 aromatic heterocycles. The quantitative estimate of drug-likeness (QED) is 0.885. The first-order valence-corrected chi connectivity index (χ1v) is 6.91. The van der Waals surface area contributed by atoms with Crippen molar-refractivity contribution in [3.05, 3.63) is 29.6 Å². The van der Waals surface area contributed by atoms with Gasteiger partial charge in [-0.25, -0.2) is 4.39 Å². The zero-order chi connectivity index (χ0) is 14.8. The van der Waals surface area contributed by atoms with Gasteiger partial charge in [-0.1, -0.05) is 6.07 Å². The molecule has 5 heteroatoms. The van der Waals surface area contributed by atoms with E-state index in [0.29, 0.717) is 38.3 Å². The number of aliphatic hydroxyl groups excluding tert-OH is 1. The molecule has 0 unspecified atom stereocenters. The number of likely N-dealkylation sites (N-methyl/N-ethyl adjacent to an activating group) is 1. The molecule has 112 valence electrons. The Bertz CT molecular complexity index is 458. The molecule has 0 radical (unpaired) electrons. The highest BCUT2D eigenvalue weighted by molar-refractivity contribution is 5.55. The van der Waals surface area contributed by atoms with Gasteiger partial charge in [-0.3, -0.25) is 0 Å². The third-order valence-electron chi connectivity index (χ3n) is 3.81. The van der Waals surface area contributed by atoms with Crippen molar-refractivity contribution < 1.29 is 19.3 Å². The fourth-order valence-electron chi connectivity index (χ4n) is 2.71. The van der Waals surface area contributed by atoms with Crippen molar-refractivity contribution >= 4 is 5.69 Å². The second-order valence-electron chi connectivity index (χ2n) is 5.54. The lowest BCUT2D eigenvalue weighted by atomic mass is 9.93. The maximum atomic E-state index is 13.9. The Labute approximate surface area is 118 Å². The number of halogens is 1. The monoisotopic (exact) mass is 283 g/mol. The van der Waals surface area contributed by atoms with Gasteiger partial charge in [0, 0.05) is 50.9 Å². The van der Waals surface area contributed by atoms with E-state index in [1.165, 1.54) is 6.07 Å². The van der Waals surface area contributed by atoms with Crippen LogP contribution in [-0.4, -0.2) is 42.6 Å². The van der Waals surface area contributed by atoms with Crippen molar-refractivity contribution in [2.75, 3.05) is 31.7 Å². The molecular formula is C15H22FNO3. The molecule has 1 aliphatic heterocycles. The highest BCUT2D eigenvalue weighted by Gasteiger charge is 2.32. The van der Waals surface area contributed by atoms with Crippen LogP contribution in [0.4, 0.5) is 10.1 Å². The van der Waals surface area contributed by atoms with Crippen molar-refractivity contribution in [1.82, 2.24) is 0 Å². The molecule has 0 bridgehead atoms. The summed E-state index contributed by atoms with van der Waals surface area (Å²) in [6, 6.07) is 4.71. The van der Waals surface area contributed by atoms with E-state index in [1.54, 1.807) is 31.0 Å². The molecule has 2 rings (SSSR count). The van der Waals surface area contributed by atoms with Gasteiger partial charge in [0.1, 0.15) is 5.82 Å². The van der Waals surface area contributed by atoms with Crippen molar-refractivity contribution in [2.24, 2.45) is 0 Å². The Morgan fingerprint density at radius 2 is 2.05 bits per heavy atom. The van der Waals surface area contributed by atoms with Crippen molar-refractivity contribution in [3.63, 3.8) is 0 Å². The van der Waals surface area contributed by atoms with Crippen LogP contribution in [0.25, 0.3) is 0 Å². The standard InChI is InChI=1S/C15H22FNO3/c1-11(18)14-12(16)4-3-5-13(14)17(2)10-15(19)6-8-20-9-7-15/h3-5,11,18-19H,6-10H2,1-2H3/t11-/m1/s1. The first-order chi connectivity index (χ1) is 9.43. The van der Waals surface area contributed by atoms with Crippen LogP contribution in [0, 0.1) is 5.82 Å². The van der Waals surface area contributed by atoms with Crippen LogP contribution in [0.1, 0.15) is 31.4 Å². The molecule has 1 heterocycles. The zero-order valence-electron chi connectivity index (χ0n) is 12.0. The molecule has 2 N–H and O–H groups in total. The summed E-state index contributed by atoms with van der Waals surface area (Å²) >= 11 is 0. The fraction of sp³-hybridized carbons (Fsp3) is 0.600. The predicted molar refractivity (Wildman–Crippen MR) is 75.3 cm³/mol. The summed E-state index contributed by atoms with van der Waals surface area (Å²) in [5.41, 5.74) is 0.0560. The van der Waals surface area contributed by atoms with E-state index in [1.807, 2.05) is 0 Å². The number of ether oxygens (including phenoxy) is 1. The van der Waals surface area contributed by atoms with Gasteiger partial charge in [-0.2, -0.15) is 0 Å². The number of nitrogens with zero attached hydrogens (tertiary/aromatic N) is 1. The first-order valence-electron chi connectivity index (χ1n) is 6.91. The Kier molecular flexibility index (Phi) is 4.62. The lowest BCUT2D eigenvalue weighted by Crippen LogP contribution is -2.46. The number of anilines is 1. The summed E-state index contributed by atoms with van der Waals surface area (Å²) in [6.45, 7) is 3.01. The van der Waals surface area contributed by atoms with E-state index >= 15 is 0 Å². The minimum Gasteiger partial charge on any atom is -0.389 e. The van der Waals surface area contributed by atoms with Gasteiger partial charge in [0.2, 0.25) is 0 Å². The molecule has 4 nitrogen and oxygen atoms in total. The molecular weight excluding hydrogens is 261 g/mol. The predicted octanol–water partition coefficient (Wildman–Crippen LogP) is 1.86. The second-order valence-corrected chi connectivity index (χ2v) is 5.54. The average Bonchev–Trinajstić information content (AvgIpc) is 2.38. The van der Waals surface area contributed by atoms with Crippen LogP contribution in [0.3, 0.4) is 0 Å². The zero-order valence-corrected chi connectivity index (χ0v) is 12.0. The van der Waals surface area contributed by atoms with Crippen LogP contribution in [0.2, 0.25) is 0 Å². The molecule has 1 aromatic carbocycles. The average molecular weight is 283 g/mol. The van der Waals surface area contributed by atoms with Crippen LogP contribution in [0.15, 0.2) is 18.2 Å². The summed E-state index contributed by atoms with van der Waals surface area (Å²) < 4.78 is 19.1. The van der Waals surface area contributed by atoms with Crippen molar-refractivity contribution in [2.45, 2.75) is 31.5 Å². The van der Waals surface area contributed by atoms with E-state index in [4.69, 9.17) is 4.74 Å². The number of aliphatic hydroxyl groups is 2. The Hall–Kier alpha value is -1.17. The summed E-state index contributed by atoms with van der Waals surface area (Å²) in [5, 5.41) is 20.3. The summed E-state index contributed by atoms with van der Waals surface area (Å²) in [6.07, 6.45) is 0.242. The molecule has 1 saturated heterocycles. The summed E-state index contributed by atoms with van der Waals surface area (Å²) in [5.74, 6) is -0.427. The topological polar surface area (TPSA) is 52.9 Å². The van der Waals surface area contributed by atoms with E-state index in [9.17, 15) is 14.6 Å². The van der Waals surface area contributed by atoms with Gasteiger partial charge in [-0.15, -0.1) is 0 Å². The normalized spacial score (nSPS) is 19.6. The SMILES string of the molecule is C[C@@H](O)c1c(F)cccc1N(C)CC1(O)CCOCC1. The third-order valence-corrected chi connectivity index (χ3v) is 3.81. The minimum atomic E-state index is -0.891. The van der Waals surface area contributed by atoms with Gasteiger partial charge in [-0.05, 0) is 19.1 Å². The van der Waals surface area contributed by atoms with Crippen LogP contribution in [0.5, 0.6) is 0 Å². The lowest BCUT2D eigenvalue weighted by molar-refractivity contribution is -0.0573. The van der Waals surface area contributed by atoms with Crippen molar-refractivity contribution in [3.8, 4) is 0 Å². The van der Waals surface area contributed by atoms with Gasteiger partial charge < -0.3 is 19.8 Å². The molecule has 1 aliphatic rings. The molecule has 1 atom stereocenters. The van der Waals surface area contributed by atoms with E-state index in [2.05, 4.69) is 0 Å². The highest BCUT2D eigenvalue weighted by atomic mass is 19.1. The van der Waals surface area contributed by atoms with Crippen LogP contribution < -0.4 is 4.90 Å². The highest BCUT2D eigenvalue weighted by Crippen LogP contribution is 2.30. The summed E-state index contributed by atoms with van der Waals surface area (Å²) in [4.78, 5) is 1.80. The number of hydrogen-bond acceptors (Lipinski definition) is 4. The minimum absolute atomic E-state index is 0.269. The van der Waals surface area contributed by atoms with Gasteiger partial charge in [0.15, 0.2) is 0 Å². The maximum absolute atomic E-state index is 13.9.